The Kier molecular flexibility index (Phi) is 4.62. The van der Waals surface area contributed by atoms with Gasteiger partial charge in [0.1, 0.15) is 11.5 Å². The number of rotatable bonds is 5. The minimum Gasteiger partial charge on any atom is -0.497 e. The van der Waals surface area contributed by atoms with Crippen molar-refractivity contribution in [2.75, 3.05) is 14.2 Å². The normalized spacial score (nSPS) is 10.5. The van der Waals surface area contributed by atoms with E-state index < -0.39 is 0 Å². The molecule has 0 unspecified atom stereocenters. The number of hydrogen-bond acceptors (Lipinski definition) is 5. The lowest BCUT2D eigenvalue weighted by Crippen LogP contribution is -2.01. The maximum absolute atomic E-state index is 12.6. The van der Waals surface area contributed by atoms with Crippen LogP contribution >= 0.6 is 11.3 Å². The Labute approximate surface area is 144 Å². The van der Waals surface area contributed by atoms with E-state index >= 15 is 0 Å². The molecule has 0 saturated heterocycles. The second kappa shape index (κ2) is 6.84. The molecule has 122 valence electrons. The topological polar surface area (TPSA) is 48.4 Å². The second-order valence-electron chi connectivity index (χ2n) is 5.28. The molecule has 0 aliphatic rings. The average molecular weight is 339 g/mol. The van der Waals surface area contributed by atoms with Gasteiger partial charge in [0.25, 0.3) is 0 Å². The van der Waals surface area contributed by atoms with Crippen LogP contribution in [0.15, 0.2) is 47.8 Å². The van der Waals surface area contributed by atoms with Crippen LogP contribution in [0.1, 0.15) is 20.9 Å². The molecule has 2 aromatic carbocycles. The molecule has 0 aliphatic carbocycles. The van der Waals surface area contributed by atoms with Crippen molar-refractivity contribution < 1.29 is 14.3 Å². The monoisotopic (exact) mass is 339 g/mol. The van der Waals surface area contributed by atoms with Crippen molar-refractivity contribution in [3.8, 4) is 22.8 Å². The number of methoxy groups -OCH3 is 2. The Balaban J connectivity index is 1.90. The number of aryl methyl sites for hydroxylation is 1. The summed E-state index contributed by atoms with van der Waals surface area (Å²) in [5, 5.41) is 2.36. The fourth-order valence-corrected chi connectivity index (χ4v) is 3.22. The highest BCUT2D eigenvalue weighted by atomic mass is 32.1. The summed E-state index contributed by atoms with van der Waals surface area (Å²) >= 11 is 1.34. The Hall–Kier alpha value is -2.66. The maximum atomic E-state index is 12.6. The second-order valence-corrected chi connectivity index (χ2v) is 6.14. The van der Waals surface area contributed by atoms with E-state index in [2.05, 4.69) is 4.98 Å². The van der Waals surface area contributed by atoms with E-state index in [1.54, 1.807) is 32.4 Å². The molecule has 3 aromatic rings. The highest BCUT2D eigenvalue weighted by molar-refractivity contribution is 7.12. The Bertz CT molecular complexity index is 886. The molecule has 24 heavy (non-hydrogen) atoms. The SMILES string of the molecule is COc1cccc(C(=O)c2nc(-c3ccc(OC)c(C)c3)cs2)c1. The number of ether oxygens (including phenoxy) is 2. The summed E-state index contributed by atoms with van der Waals surface area (Å²) in [7, 11) is 3.23. The molecule has 0 bridgehead atoms. The van der Waals surface area contributed by atoms with Gasteiger partial charge < -0.3 is 9.47 Å². The summed E-state index contributed by atoms with van der Waals surface area (Å²) in [4.78, 5) is 17.1. The molecule has 0 radical (unpaired) electrons. The van der Waals surface area contributed by atoms with Gasteiger partial charge in [-0.25, -0.2) is 4.98 Å². The quantitative estimate of drug-likeness (QED) is 0.648. The number of thiazole rings is 1. The first-order valence-corrected chi connectivity index (χ1v) is 8.29. The molecule has 3 rings (SSSR count). The first-order chi connectivity index (χ1) is 11.6. The van der Waals surface area contributed by atoms with Crippen LogP contribution in [0.25, 0.3) is 11.3 Å². The van der Waals surface area contributed by atoms with Gasteiger partial charge in [0.2, 0.25) is 5.78 Å². The molecule has 0 spiro atoms. The van der Waals surface area contributed by atoms with Crippen LogP contribution in [-0.2, 0) is 0 Å². The molecule has 0 aliphatic heterocycles. The van der Waals surface area contributed by atoms with Crippen LogP contribution in [-0.4, -0.2) is 25.0 Å². The summed E-state index contributed by atoms with van der Waals surface area (Å²) in [6.07, 6.45) is 0. The van der Waals surface area contributed by atoms with Crippen LogP contribution in [0.4, 0.5) is 0 Å². The van der Waals surface area contributed by atoms with Crippen LogP contribution in [0, 0.1) is 6.92 Å². The van der Waals surface area contributed by atoms with Crippen molar-refractivity contribution in [1.82, 2.24) is 4.98 Å². The van der Waals surface area contributed by atoms with E-state index in [0.29, 0.717) is 16.3 Å². The summed E-state index contributed by atoms with van der Waals surface area (Å²) in [6.45, 7) is 1.98. The molecule has 0 N–H and O–H groups in total. The number of aromatic nitrogens is 1. The lowest BCUT2D eigenvalue weighted by Gasteiger charge is -2.05. The number of benzene rings is 2. The van der Waals surface area contributed by atoms with E-state index in [-0.39, 0.29) is 5.78 Å². The molecule has 1 heterocycles. The number of carbonyl (C=O) groups is 1. The van der Waals surface area contributed by atoms with Crippen LogP contribution < -0.4 is 9.47 Å². The molecule has 0 saturated carbocycles. The van der Waals surface area contributed by atoms with Gasteiger partial charge >= 0.3 is 0 Å². The van der Waals surface area contributed by atoms with Crippen molar-refractivity contribution in [3.63, 3.8) is 0 Å². The zero-order valence-corrected chi connectivity index (χ0v) is 14.5. The predicted octanol–water partition coefficient (Wildman–Crippen LogP) is 4.37. The molecule has 5 heteroatoms. The smallest absolute Gasteiger partial charge is 0.221 e. The highest BCUT2D eigenvalue weighted by Crippen LogP contribution is 2.28. The van der Waals surface area contributed by atoms with E-state index in [1.165, 1.54) is 11.3 Å². The minimum atomic E-state index is -0.101. The molecule has 1 aromatic heterocycles. The predicted molar refractivity (Wildman–Crippen MR) is 95.3 cm³/mol. The molecule has 0 amide bonds. The van der Waals surface area contributed by atoms with Gasteiger partial charge in [0, 0.05) is 16.5 Å². The van der Waals surface area contributed by atoms with E-state index in [4.69, 9.17) is 9.47 Å². The van der Waals surface area contributed by atoms with Gasteiger partial charge in [-0.05, 0) is 42.8 Å². The zero-order chi connectivity index (χ0) is 17.1. The van der Waals surface area contributed by atoms with Crippen LogP contribution in [0.2, 0.25) is 0 Å². The lowest BCUT2D eigenvalue weighted by atomic mass is 10.1. The average Bonchev–Trinajstić information content (AvgIpc) is 3.11. The van der Waals surface area contributed by atoms with Crippen molar-refractivity contribution in [3.05, 3.63) is 64.0 Å². The largest absolute Gasteiger partial charge is 0.497 e. The van der Waals surface area contributed by atoms with E-state index in [1.807, 2.05) is 36.6 Å². The maximum Gasteiger partial charge on any atom is 0.221 e. The van der Waals surface area contributed by atoms with Gasteiger partial charge in [-0.15, -0.1) is 11.3 Å². The molecule has 4 nitrogen and oxygen atoms in total. The third-order valence-corrected chi connectivity index (χ3v) is 4.56. The van der Waals surface area contributed by atoms with Crippen molar-refractivity contribution in [1.29, 1.82) is 0 Å². The number of hydrogen-bond donors (Lipinski definition) is 0. The fourth-order valence-electron chi connectivity index (χ4n) is 2.44. The highest BCUT2D eigenvalue weighted by Gasteiger charge is 2.15. The summed E-state index contributed by atoms with van der Waals surface area (Å²) < 4.78 is 10.4. The Morgan fingerprint density at radius 3 is 2.62 bits per heavy atom. The Morgan fingerprint density at radius 1 is 1.08 bits per heavy atom. The minimum absolute atomic E-state index is 0.101. The summed E-state index contributed by atoms with van der Waals surface area (Å²) in [6, 6.07) is 13.0. The standard InChI is InChI=1S/C19H17NO3S/c1-12-9-13(7-8-17(12)23-3)16-11-24-19(20-16)18(21)14-5-4-6-15(10-14)22-2/h4-11H,1-3H3. The van der Waals surface area contributed by atoms with Gasteiger partial charge in [0.15, 0.2) is 5.01 Å². The van der Waals surface area contributed by atoms with Gasteiger partial charge in [0.05, 0.1) is 19.9 Å². The van der Waals surface area contributed by atoms with Crippen molar-refractivity contribution >= 4 is 17.1 Å². The lowest BCUT2D eigenvalue weighted by molar-refractivity contribution is 0.103. The molecule has 0 atom stereocenters. The summed E-state index contributed by atoms with van der Waals surface area (Å²) in [5.74, 6) is 1.39. The third kappa shape index (κ3) is 3.16. The van der Waals surface area contributed by atoms with Gasteiger partial charge in [-0.3, -0.25) is 4.79 Å². The van der Waals surface area contributed by atoms with Crippen LogP contribution in [0.5, 0.6) is 11.5 Å². The molecular weight excluding hydrogens is 322 g/mol. The first kappa shape index (κ1) is 16.2. The molecule has 0 fully saturated rings. The summed E-state index contributed by atoms with van der Waals surface area (Å²) in [5.41, 5.74) is 3.36. The fraction of sp³-hybridized carbons (Fsp3) is 0.158. The number of ketones is 1. The Morgan fingerprint density at radius 2 is 1.92 bits per heavy atom. The molecular formula is C19H17NO3S. The van der Waals surface area contributed by atoms with E-state index in [9.17, 15) is 4.79 Å². The third-order valence-electron chi connectivity index (χ3n) is 3.72. The van der Waals surface area contributed by atoms with Gasteiger partial charge in [-0.1, -0.05) is 12.1 Å². The zero-order valence-electron chi connectivity index (χ0n) is 13.7. The van der Waals surface area contributed by atoms with Crippen molar-refractivity contribution in [2.24, 2.45) is 0 Å². The number of nitrogens with zero attached hydrogens (tertiary/aromatic N) is 1. The van der Waals surface area contributed by atoms with E-state index in [0.717, 1.165) is 22.6 Å². The van der Waals surface area contributed by atoms with Crippen LogP contribution in [0.3, 0.4) is 0 Å². The van der Waals surface area contributed by atoms with Gasteiger partial charge in [-0.2, -0.15) is 0 Å². The first-order valence-electron chi connectivity index (χ1n) is 7.41. The number of carbonyl (C=O) groups excluding carboxylic acids is 1. The van der Waals surface area contributed by atoms with Crippen molar-refractivity contribution in [2.45, 2.75) is 6.92 Å².